The van der Waals surface area contributed by atoms with Crippen LogP contribution in [0.1, 0.15) is 32.6 Å². The minimum atomic E-state index is -0.613. The van der Waals surface area contributed by atoms with Gasteiger partial charge in [-0.1, -0.05) is 23.2 Å². The van der Waals surface area contributed by atoms with Crippen LogP contribution in [-0.2, 0) is 9.59 Å². The van der Waals surface area contributed by atoms with E-state index in [1.165, 1.54) is 0 Å². The number of anilines is 1. The fourth-order valence-electron chi connectivity index (χ4n) is 4.14. The van der Waals surface area contributed by atoms with Crippen molar-refractivity contribution in [3.8, 4) is 11.5 Å². The number of halogens is 2. The molecule has 1 saturated carbocycles. The Morgan fingerprint density at radius 3 is 2.55 bits per heavy atom. The number of fused-ring (bicyclic) bond motifs is 1. The van der Waals surface area contributed by atoms with Gasteiger partial charge in [0.2, 0.25) is 0 Å². The summed E-state index contributed by atoms with van der Waals surface area (Å²) >= 11 is 11.9. The summed E-state index contributed by atoms with van der Waals surface area (Å²) in [5.74, 6) is 0.898. The zero-order chi connectivity index (χ0) is 23.4. The average molecular weight is 492 g/mol. The van der Waals surface area contributed by atoms with E-state index in [0.29, 0.717) is 28.1 Å². The van der Waals surface area contributed by atoms with E-state index in [0.717, 1.165) is 31.4 Å². The number of nitrogens with one attached hydrogen (secondary N) is 3. The van der Waals surface area contributed by atoms with Gasteiger partial charge >= 0.3 is 0 Å². The topological polar surface area (TPSA) is 88.7 Å². The molecule has 1 atom stereocenters. The Morgan fingerprint density at radius 2 is 1.82 bits per heavy atom. The van der Waals surface area contributed by atoms with Crippen LogP contribution >= 0.6 is 23.2 Å². The minimum Gasteiger partial charge on any atom is -0.484 e. The molecule has 9 heteroatoms. The first-order chi connectivity index (χ1) is 15.8. The normalized spacial score (nSPS) is 24.0. The third-order valence-electron chi connectivity index (χ3n) is 6.04. The fraction of sp³-hybridized carbons (Fsp3) is 0.417. The van der Waals surface area contributed by atoms with Crippen molar-refractivity contribution in [1.29, 1.82) is 0 Å². The van der Waals surface area contributed by atoms with Gasteiger partial charge in [-0.15, -0.1) is 0 Å². The molecule has 4 rings (SSSR count). The summed E-state index contributed by atoms with van der Waals surface area (Å²) in [4.78, 5) is 25.1. The van der Waals surface area contributed by atoms with E-state index in [-0.39, 0.29) is 30.0 Å². The lowest BCUT2D eigenvalue weighted by Gasteiger charge is -2.39. The average Bonchev–Trinajstić information content (AvgIpc) is 2.80. The van der Waals surface area contributed by atoms with Crippen LogP contribution < -0.4 is 25.4 Å². The number of carbonyl (C=O) groups excluding carboxylic acids is 2. The number of hydrogen-bond donors (Lipinski definition) is 3. The maximum absolute atomic E-state index is 12.9. The Morgan fingerprint density at radius 1 is 1.12 bits per heavy atom. The molecular formula is C24H27Cl2N3O4. The van der Waals surface area contributed by atoms with Crippen LogP contribution in [0, 0.1) is 0 Å². The van der Waals surface area contributed by atoms with Crippen LogP contribution in [0.3, 0.4) is 0 Å². The molecule has 1 aliphatic carbocycles. The van der Waals surface area contributed by atoms with Gasteiger partial charge in [0.05, 0.1) is 12.2 Å². The van der Waals surface area contributed by atoms with Crippen molar-refractivity contribution < 1.29 is 19.1 Å². The molecule has 0 bridgehead atoms. The maximum atomic E-state index is 12.9. The molecule has 7 nitrogen and oxygen atoms in total. The molecule has 1 fully saturated rings. The van der Waals surface area contributed by atoms with E-state index in [4.69, 9.17) is 32.7 Å². The quantitative estimate of drug-likeness (QED) is 0.563. The summed E-state index contributed by atoms with van der Waals surface area (Å²) in [5, 5.41) is 10.6. The van der Waals surface area contributed by atoms with E-state index in [1.54, 1.807) is 42.5 Å². The summed E-state index contributed by atoms with van der Waals surface area (Å²) in [6.07, 6.45) is 2.45. The van der Waals surface area contributed by atoms with Crippen molar-refractivity contribution in [1.82, 2.24) is 10.6 Å². The summed E-state index contributed by atoms with van der Waals surface area (Å²) in [6.45, 7) is 2.36. The Bertz CT molecular complexity index is 1010. The lowest BCUT2D eigenvalue weighted by molar-refractivity contribution is -0.130. The van der Waals surface area contributed by atoms with E-state index >= 15 is 0 Å². The predicted octanol–water partition coefficient (Wildman–Crippen LogP) is 4.18. The predicted molar refractivity (Wildman–Crippen MR) is 128 cm³/mol. The molecule has 2 aliphatic rings. The third-order valence-corrected chi connectivity index (χ3v) is 6.53. The molecule has 0 aromatic heterocycles. The summed E-state index contributed by atoms with van der Waals surface area (Å²) < 4.78 is 11.4. The first kappa shape index (κ1) is 23.5. The first-order valence-corrected chi connectivity index (χ1v) is 11.8. The molecule has 2 aromatic rings. The highest BCUT2D eigenvalue weighted by Gasteiger charge is 2.36. The summed E-state index contributed by atoms with van der Waals surface area (Å²) in [7, 11) is 0. The minimum absolute atomic E-state index is 0.0508. The molecule has 1 aliphatic heterocycles. The van der Waals surface area contributed by atoms with Crippen molar-refractivity contribution in [2.24, 2.45) is 0 Å². The standard InChI is InChI=1S/C24H27Cl2N3O4/c1-24(29-23(31)21-13-27-19-12-16(26)4-7-20(19)33-21)10-8-17(9-11-24)28-22(30)14-32-18-5-2-15(25)3-6-18/h2-7,12,17,21,27H,8-11,13-14H2,1H3,(H,28,30)(H,29,31)/t17-,21?,24+. The summed E-state index contributed by atoms with van der Waals surface area (Å²) in [5.41, 5.74) is 0.441. The summed E-state index contributed by atoms with van der Waals surface area (Å²) in [6, 6.07) is 12.2. The van der Waals surface area contributed by atoms with Gasteiger partial charge in [0, 0.05) is 21.6 Å². The lowest BCUT2D eigenvalue weighted by Crippen LogP contribution is -2.56. The maximum Gasteiger partial charge on any atom is 0.263 e. The third kappa shape index (κ3) is 6.24. The SMILES string of the molecule is C[C@]1(NC(=O)C2CNc3cc(Cl)ccc3O2)CC[C@@H](NC(=O)COc2ccc(Cl)cc2)CC1. The molecule has 0 radical (unpaired) electrons. The van der Waals surface area contributed by atoms with Crippen LogP contribution in [-0.4, -0.2) is 42.7 Å². The number of ether oxygens (including phenoxy) is 2. The molecule has 2 aromatic carbocycles. The van der Waals surface area contributed by atoms with Crippen molar-refractivity contribution >= 4 is 40.7 Å². The largest absolute Gasteiger partial charge is 0.484 e. The Hall–Kier alpha value is -2.64. The number of hydrogen-bond acceptors (Lipinski definition) is 5. The smallest absolute Gasteiger partial charge is 0.263 e. The highest BCUT2D eigenvalue weighted by atomic mass is 35.5. The van der Waals surface area contributed by atoms with Crippen LogP contribution in [0.15, 0.2) is 42.5 Å². The lowest BCUT2D eigenvalue weighted by atomic mass is 9.80. The van der Waals surface area contributed by atoms with Gasteiger partial charge in [0.25, 0.3) is 11.8 Å². The molecule has 33 heavy (non-hydrogen) atoms. The van der Waals surface area contributed by atoms with Crippen molar-refractivity contribution in [2.75, 3.05) is 18.5 Å². The second-order valence-corrected chi connectivity index (χ2v) is 9.64. The van der Waals surface area contributed by atoms with Gasteiger partial charge in [-0.05, 0) is 75.1 Å². The highest BCUT2D eigenvalue weighted by molar-refractivity contribution is 6.31. The molecular weight excluding hydrogens is 465 g/mol. The molecule has 2 amide bonds. The second-order valence-electron chi connectivity index (χ2n) is 8.76. The molecule has 176 valence electrons. The van der Waals surface area contributed by atoms with Gasteiger partial charge in [-0.2, -0.15) is 0 Å². The molecule has 1 unspecified atom stereocenters. The van der Waals surface area contributed by atoms with Crippen LogP contribution in [0.5, 0.6) is 11.5 Å². The van der Waals surface area contributed by atoms with Crippen molar-refractivity contribution in [3.05, 3.63) is 52.5 Å². The van der Waals surface area contributed by atoms with Crippen molar-refractivity contribution in [3.63, 3.8) is 0 Å². The molecule has 1 heterocycles. The van der Waals surface area contributed by atoms with E-state index in [2.05, 4.69) is 16.0 Å². The zero-order valence-corrected chi connectivity index (χ0v) is 19.8. The van der Waals surface area contributed by atoms with Gasteiger partial charge in [0.15, 0.2) is 12.7 Å². The van der Waals surface area contributed by atoms with Gasteiger partial charge in [-0.25, -0.2) is 0 Å². The monoisotopic (exact) mass is 491 g/mol. The number of rotatable bonds is 6. The van der Waals surface area contributed by atoms with Crippen molar-refractivity contribution in [2.45, 2.75) is 50.3 Å². The van der Waals surface area contributed by atoms with Gasteiger partial charge < -0.3 is 25.4 Å². The van der Waals surface area contributed by atoms with E-state index in [1.807, 2.05) is 6.92 Å². The van der Waals surface area contributed by atoms with E-state index < -0.39 is 6.10 Å². The van der Waals surface area contributed by atoms with Crippen LogP contribution in [0.25, 0.3) is 0 Å². The Kier molecular flexibility index (Phi) is 7.20. The Balaban J connectivity index is 1.21. The molecule has 0 spiro atoms. The zero-order valence-electron chi connectivity index (χ0n) is 18.3. The molecule has 3 N–H and O–H groups in total. The van der Waals surface area contributed by atoms with Gasteiger partial charge in [0.1, 0.15) is 11.5 Å². The number of carbonyl (C=O) groups is 2. The Labute approximate surface area is 203 Å². The van der Waals surface area contributed by atoms with Gasteiger partial charge in [-0.3, -0.25) is 9.59 Å². The number of amides is 2. The van der Waals surface area contributed by atoms with E-state index in [9.17, 15) is 9.59 Å². The van der Waals surface area contributed by atoms with Crippen LogP contribution in [0.4, 0.5) is 5.69 Å². The number of benzene rings is 2. The highest BCUT2D eigenvalue weighted by Crippen LogP contribution is 2.32. The second kappa shape index (κ2) is 10.1. The van der Waals surface area contributed by atoms with Crippen LogP contribution in [0.2, 0.25) is 10.0 Å². The fourth-order valence-corrected chi connectivity index (χ4v) is 4.44. The first-order valence-electron chi connectivity index (χ1n) is 11.0. The molecule has 0 saturated heterocycles.